The lowest BCUT2D eigenvalue weighted by Gasteiger charge is -2.34. The molecule has 2 nitrogen and oxygen atoms in total. The molecule has 2 rings (SSSR count). The monoisotopic (exact) mass is 261 g/mol. The molecule has 1 N–H and O–H groups in total. The zero-order valence-electron chi connectivity index (χ0n) is 10.2. The predicted octanol–water partition coefficient (Wildman–Crippen LogP) is 2.24. The standard InChI is InChI=1S/C12H23NOS2/c1-12(2-4-14-5-3-12)10-13-8-11-9-15-6-7-16-11/h11,13H,2-10H2,1H3. The lowest BCUT2D eigenvalue weighted by Crippen LogP contribution is -2.40. The van der Waals surface area contributed by atoms with E-state index in [9.17, 15) is 0 Å². The Hall–Kier alpha value is 0.620. The Bertz CT molecular complexity index is 201. The molecule has 94 valence electrons. The average molecular weight is 261 g/mol. The predicted molar refractivity (Wildman–Crippen MR) is 74.6 cm³/mol. The van der Waals surface area contributed by atoms with Crippen molar-refractivity contribution in [3.05, 3.63) is 0 Å². The highest BCUT2D eigenvalue weighted by atomic mass is 32.2. The molecule has 2 aliphatic rings. The Morgan fingerprint density at radius 1 is 1.31 bits per heavy atom. The summed E-state index contributed by atoms with van der Waals surface area (Å²) in [5, 5.41) is 4.51. The number of hydrogen-bond donors (Lipinski definition) is 1. The number of rotatable bonds is 4. The van der Waals surface area contributed by atoms with Crippen LogP contribution in [0.1, 0.15) is 19.8 Å². The minimum atomic E-state index is 0.477. The second kappa shape index (κ2) is 6.53. The second-order valence-corrected chi connectivity index (χ2v) is 7.68. The molecule has 2 heterocycles. The third-order valence-electron chi connectivity index (χ3n) is 3.51. The van der Waals surface area contributed by atoms with Gasteiger partial charge in [-0.2, -0.15) is 23.5 Å². The van der Waals surface area contributed by atoms with Gasteiger partial charge in [0.15, 0.2) is 0 Å². The molecule has 0 spiro atoms. The largest absolute Gasteiger partial charge is 0.381 e. The Kier molecular flexibility index (Phi) is 5.33. The average Bonchev–Trinajstić information content (AvgIpc) is 2.31. The fourth-order valence-corrected chi connectivity index (χ4v) is 4.88. The molecule has 2 fully saturated rings. The van der Waals surface area contributed by atoms with Gasteiger partial charge in [-0.25, -0.2) is 0 Å². The van der Waals surface area contributed by atoms with Crippen molar-refractivity contribution in [3.8, 4) is 0 Å². The third kappa shape index (κ3) is 4.13. The normalized spacial score (nSPS) is 30.2. The maximum absolute atomic E-state index is 5.43. The molecule has 0 aliphatic carbocycles. The van der Waals surface area contributed by atoms with Gasteiger partial charge in [-0.3, -0.25) is 0 Å². The highest BCUT2D eigenvalue weighted by Gasteiger charge is 2.27. The van der Waals surface area contributed by atoms with Gasteiger partial charge in [0.05, 0.1) is 0 Å². The summed E-state index contributed by atoms with van der Waals surface area (Å²) in [4.78, 5) is 0. The first-order valence-corrected chi connectivity index (χ1v) is 8.47. The first kappa shape index (κ1) is 13.1. The SMILES string of the molecule is CC1(CNCC2CSCCS2)CCOCC1. The molecule has 1 atom stereocenters. The molecule has 2 saturated heterocycles. The van der Waals surface area contributed by atoms with E-state index in [4.69, 9.17) is 4.74 Å². The van der Waals surface area contributed by atoms with E-state index in [2.05, 4.69) is 35.8 Å². The molecule has 0 aromatic rings. The summed E-state index contributed by atoms with van der Waals surface area (Å²) in [5.74, 6) is 4.01. The Balaban J connectivity index is 1.62. The summed E-state index contributed by atoms with van der Waals surface area (Å²) in [5.41, 5.74) is 0.477. The molecule has 0 bridgehead atoms. The molecule has 0 aromatic heterocycles. The number of ether oxygens (including phenoxy) is 1. The van der Waals surface area contributed by atoms with Crippen LogP contribution in [0.5, 0.6) is 0 Å². The summed E-state index contributed by atoms with van der Waals surface area (Å²) in [7, 11) is 0. The number of thioether (sulfide) groups is 2. The van der Waals surface area contributed by atoms with E-state index >= 15 is 0 Å². The van der Waals surface area contributed by atoms with E-state index in [-0.39, 0.29) is 0 Å². The van der Waals surface area contributed by atoms with Crippen LogP contribution in [-0.4, -0.2) is 48.8 Å². The number of hydrogen-bond acceptors (Lipinski definition) is 4. The van der Waals surface area contributed by atoms with Crippen molar-refractivity contribution in [2.24, 2.45) is 5.41 Å². The van der Waals surface area contributed by atoms with Crippen molar-refractivity contribution in [3.63, 3.8) is 0 Å². The summed E-state index contributed by atoms with van der Waals surface area (Å²) >= 11 is 4.25. The Morgan fingerprint density at radius 3 is 2.81 bits per heavy atom. The maximum atomic E-state index is 5.43. The van der Waals surface area contributed by atoms with E-state index < -0.39 is 0 Å². The molecule has 0 amide bonds. The van der Waals surface area contributed by atoms with Crippen LogP contribution >= 0.6 is 23.5 Å². The lowest BCUT2D eigenvalue weighted by molar-refractivity contribution is 0.0243. The minimum Gasteiger partial charge on any atom is -0.381 e. The molecule has 2 aliphatic heterocycles. The van der Waals surface area contributed by atoms with Crippen LogP contribution in [0.3, 0.4) is 0 Å². The molecule has 0 radical (unpaired) electrons. The van der Waals surface area contributed by atoms with Crippen LogP contribution in [0, 0.1) is 5.41 Å². The number of nitrogens with one attached hydrogen (secondary N) is 1. The van der Waals surface area contributed by atoms with E-state index in [0.717, 1.165) is 25.0 Å². The third-order valence-corrected chi connectivity index (χ3v) is 6.35. The zero-order valence-corrected chi connectivity index (χ0v) is 11.8. The Labute approximate surface area is 108 Å². The van der Waals surface area contributed by atoms with Crippen molar-refractivity contribution < 1.29 is 4.74 Å². The van der Waals surface area contributed by atoms with Gasteiger partial charge in [0.2, 0.25) is 0 Å². The van der Waals surface area contributed by atoms with E-state index in [0.29, 0.717) is 5.41 Å². The summed E-state index contributed by atoms with van der Waals surface area (Å²) in [6.07, 6.45) is 2.43. The quantitative estimate of drug-likeness (QED) is 0.837. The molecule has 0 aromatic carbocycles. The van der Waals surface area contributed by atoms with E-state index in [1.165, 1.54) is 36.6 Å². The maximum Gasteiger partial charge on any atom is 0.0471 e. The van der Waals surface area contributed by atoms with Crippen LogP contribution in [-0.2, 0) is 4.74 Å². The fourth-order valence-electron chi connectivity index (χ4n) is 2.23. The molecule has 0 saturated carbocycles. The zero-order chi connectivity index (χ0) is 11.3. The first-order chi connectivity index (χ1) is 7.79. The van der Waals surface area contributed by atoms with Crippen molar-refractivity contribution in [1.29, 1.82) is 0 Å². The van der Waals surface area contributed by atoms with Gasteiger partial charge in [-0.1, -0.05) is 6.92 Å². The van der Waals surface area contributed by atoms with Gasteiger partial charge in [0, 0.05) is 48.8 Å². The summed E-state index contributed by atoms with van der Waals surface area (Å²) in [6.45, 7) is 6.65. The Morgan fingerprint density at radius 2 is 2.12 bits per heavy atom. The molecule has 1 unspecified atom stereocenters. The lowest BCUT2D eigenvalue weighted by atomic mass is 9.82. The summed E-state index contributed by atoms with van der Waals surface area (Å²) in [6, 6.07) is 0. The van der Waals surface area contributed by atoms with Crippen molar-refractivity contribution in [2.75, 3.05) is 43.6 Å². The first-order valence-electron chi connectivity index (χ1n) is 6.26. The van der Waals surface area contributed by atoms with Gasteiger partial charge in [0.25, 0.3) is 0 Å². The van der Waals surface area contributed by atoms with Crippen LogP contribution in [0.25, 0.3) is 0 Å². The molecule has 16 heavy (non-hydrogen) atoms. The highest BCUT2D eigenvalue weighted by molar-refractivity contribution is 8.06. The van der Waals surface area contributed by atoms with Crippen molar-refractivity contribution in [1.82, 2.24) is 5.32 Å². The van der Waals surface area contributed by atoms with Gasteiger partial charge < -0.3 is 10.1 Å². The van der Waals surface area contributed by atoms with Crippen molar-refractivity contribution in [2.45, 2.75) is 25.0 Å². The molecular formula is C12H23NOS2. The van der Waals surface area contributed by atoms with Gasteiger partial charge in [-0.15, -0.1) is 0 Å². The highest BCUT2D eigenvalue weighted by Crippen LogP contribution is 2.29. The van der Waals surface area contributed by atoms with Gasteiger partial charge in [0.1, 0.15) is 0 Å². The second-order valence-electron chi connectivity index (χ2n) is 5.12. The minimum absolute atomic E-state index is 0.477. The van der Waals surface area contributed by atoms with E-state index in [1.54, 1.807) is 0 Å². The van der Waals surface area contributed by atoms with Gasteiger partial charge in [-0.05, 0) is 18.3 Å². The van der Waals surface area contributed by atoms with E-state index in [1.807, 2.05) is 0 Å². The van der Waals surface area contributed by atoms with Gasteiger partial charge >= 0.3 is 0 Å². The fraction of sp³-hybridized carbons (Fsp3) is 1.00. The van der Waals surface area contributed by atoms with Crippen LogP contribution in [0.4, 0.5) is 0 Å². The molecular weight excluding hydrogens is 238 g/mol. The van der Waals surface area contributed by atoms with Crippen LogP contribution in [0.15, 0.2) is 0 Å². The molecule has 4 heteroatoms. The smallest absolute Gasteiger partial charge is 0.0471 e. The van der Waals surface area contributed by atoms with Crippen LogP contribution in [0.2, 0.25) is 0 Å². The topological polar surface area (TPSA) is 21.3 Å². The summed E-state index contributed by atoms with van der Waals surface area (Å²) < 4.78 is 5.43. The van der Waals surface area contributed by atoms with Crippen LogP contribution < -0.4 is 5.32 Å². The van der Waals surface area contributed by atoms with Crippen molar-refractivity contribution >= 4 is 23.5 Å².